The molecule has 4 fully saturated rings. The molecule has 3 N–H and O–H groups in total. The maximum atomic E-state index is 14.3. The van der Waals surface area contributed by atoms with E-state index in [1.165, 1.54) is 12.1 Å². The average Bonchev–Trinajstić information content (AvgIpc) is 3.60. The number of fused-ring (bicyclic) bond motifs is 2. The third-order valence-corrected chi connectivity index (χ3v) is 11.3. The lowest BCUT2D eigenvalue weighted by Crippen LogP contribution is -2.62. The number of carbonyl (C=O) groups is 4. The highest BCUT2D eigenvalue weighted by atomic mass is 32.1. The van der Waals surface area contributed by atoms with E-state index < -0.39 is 36.8 Å². The number of morpholine rings is 1. The first-order valence-corrected chi connectivity index (χ1v) is 17.5. The van der Waals surface area contributed by atoms with Gasteiger partial charge in [-0.25, -0.2) is 0 Å². The largest absolute Gasteiger partial charge is 0.399 e. The van der Waals surface area contributed by atoms with Crippen LogP contribution in [0.5, 0.6) is 0 Å². The van der Waals surface area contributed by atoms with Crippen LogP contribution in [0, 0.1) is 5.92 Å². The highest BCUT2D eigenvalue weighted by molar-refractivity contribution is 7.52. The molecule has 4 aliphatic rings. The van der Waals surface area contributed by atoms with Crippen molar-refractivity contribution in [3.63, 3.8) is 0 Å². The minimum atomic E-state index is -5.76. The summed E-state index contributed by atoms with van der Waals surface area (Å²) in [6.45, 7) is 2.71. The summed E-state index contributed by atoms with van der Waals surface area (Å²) in [6.07, 6.45) is 3.83. The van der Waals surface area contributed by atoms with Crippen LogP contribution in [0.4, 0.5) is 8.78 Å². The Bertz CT molecular complexity index is 1550. The van der Waals surface area contributed by atoms with Crippen LogP contribution in [-0.4, -0.2) is 106 Å². The summed E-state index contributed by atoms with van der Waals surface area (Å²) in [5.74, 6) is -1.35. The summed E-state index contributed by atoms with van der Waals surface area (Å²) < 4.78 is 45.6. The molecule has 3 atom stereocenters. The Kier molecular flexibility index (Phi) is 8.76. The number of likely N-dealkylation sites (tertiary alicyclic amines) is 1. The van der Waals surface area contributed by atoms with Gasteiger partial charge in [-0.15, -0.1) is 11.3 Å². The lowest BCUT2D eigenvalue weighted by atomic mass is 9.96. The number of nitrogens with zero attached hydrogens (tertiary/aromatic N) is 3. The molecular weight excluding hydrogens is 633 g/mol. The van der Waals surface area contributed by atoms with E-state index in [0.29, 0.717) is 69.8 Å². The standard InChI is InChI=1S/C29H35F2N4O8PS/c30-29(31,44(40,41)42)19-5-8-23-17(13-19)14-24(45-23)25(36)32-21-4-2-1-3-20-6-7-22(35(20)27(21)38)28(39)34-15-18(16-34)26(37)33-9-11-43-12-10-33/h5,8,13-14,18,20-22H,1-4,6-7,9-12,15-16H2,(H,32,36)(H2,40,41,42)/t20-,21-,22-/m0/s1. The van der Waals surface area contributed by atoms with Crippen LogP contribution in [0.1, 0.15) is 53.8 Å². The fourth-order valence-electron chi connectivity index (χ4n) is 6.72. The van der Waals surface area contributed by atoms with E-state index >= 15 is 0 Å². The number of hydrogen-bond acceptors (Lipinski definition) is 7. The van der Waals surface area contributed by atoms with E-state index in [1.807, 2.05) is 0 Å². The predicted octanol–water partition coefficient (Wildman–Crippen LogP) is 2.48. The predicted molar refractivity (Wildman–Crippen MR) is 159 cm³/mol. The highest BCUT2D eigenvalue weighted by Gasteiger charge is 2.51. The van der Waals surface area contributed by atoms with Gasteiger partial charge in [0.25, 0.3) is 5.91 Å². The number of nitrogens with one attached hydrogen (secondary N) is 1. The molecule has 1 aromatic carbocycles. The van der Waals surface area contributed by atoms with Gasteiger partial charge in [0.1, 0.15) is 12.1 Å². The van der Waals surface area contributed by atoms with E-state index in [0.717, 1.165) is 36.3 Å². The first kappa shape index (κ1) is 32.0. The molecule has 0 saturated carbocycles. The summed E-state index contributed by atoms with van der Waals surface area (Å²) in [6, 6.07) is 2.81. The average molecular weight is 669 g/mol. The van der Waals surface area contributed by atoms with Crippen molar-refractivity contribution in [2.45, 2.75) is 62.3 Å². The fraction of sp³-hybridized carbons (Fsp3) is 0.586. The Morgan fingerprint density at radius 2 is 1.69 bits per heavy atom. The summed E-state index contributed by atoms with van der Waals surface area (Å²) in [5, 5.41) is 3.01. The van der Waals surface area contributed by atoms with Crippen LogP contribution in [0.15, 0.2) is 24.3 Å². The third-order valence-electron chi connectivity index (χ3n) is 9.24. The summed E-state index contributed by atoms with van der Waals surface area (Å²) in [4.78, 5) is 77.0. The van der Waals surface area contributed by atoms with E-state index in [2.05, 4.69) is 5.32 Å². The molecular formula is C29H35F2N4O8PS. The highest BCUT2D eigenvalue weighted by Crippen LogP contribution is 2.59. The number of carbonyl (C=O) groups excluding carboxylic acids is 4. The van der Waals surface area contributed by atoms with Crippen molar-refractivity contribution in [1.29, 1.82) is 0 Å². The number of benzene rings is 1. The van der Waals surface area contributed by atoms with Gasteiger partial charge in [0, 0.05) is 42.5 Å². The van der Waals surface area contributed by atoms with E-state index in [1.54, 1.807) is 14.7 Å². The van der Waals surface area contributed by atoms with Gasteiger partial charge >= 0.3 is 13.3 Å². The SMILES string of the molecule is O=C(N[C@H]1CCCC[C@H]2CC[C@@H](C(=O)N3CC(C(=O)N4CCOCC4)C3)N2C1=O)c1cc2cc(C(F)(F)P(=O)(O)O)ccc2s1. The topological polar surface area (TPSA) is 157 Å². The van der Waals surface area contributed by atoms with Crippen molar-refractivity contribution >= 4 is 52.6 Å². The van der Waals surface area contributed by atoms with E-state index in [4.69, 9.17) is 14.5 Å². The second kappa shape index (κ2) is 12.3. The zero-order chi connectivity index (χ0) is 32.1. The van der Waals surface area contributed by atoms with Gasteiger partial charge < -0.3 is 34.5 Å². The number of thiophene rings is 1. The first-order chi connectivity index (χ1) is 21.3. The molecule has 0 aliphatic carbocycles. The molecule has 1 aromatic heterocycles. The second-order valence-electron chi connectivity index (χ2n) is 12.1. The van der Waals surface area contributed by atoms with Gasteiger partial charge in [-0.1, -0.05) is 18.9 Å². The molecule has 0 bridgehead atoms. The summed E-state index contributed by atoms with van der Waals surface area (Å²) >= 11 is 1.01. The Morgan fingerprint density at radius 3 is 2.40 bits per heavy atom. The van der Waals surface area contributed by atoms with Crippen LogP contribution in [0.3, 0.4) is 0 Å². The van der Waals surface area contributed by atoms with Crippen molar-refractivity contribution in [1.82, 2.24) is 20.0 Å². The minimum Gasteiger partial charge on any atom is -0.378 e. The molecule has 6 rings (SSSR count). The van der Waals surface area contributed by atoms with Gasteiger partial charge in [-0.05, 0) is 49.3 Å². The lowest BCUT2D eigenvalue weighted by Gasteiger charge is -2.44. The van der Waals surface area contributed by atoms with Gasteiger partial charge in [-0.2, -0.15) is 8.78 Å². The summed E-state index contributed by atoms with van der Waals surface area (Å²) in [7, 11) is -5.76. The van der Waals surface area contributed by atoms with Crippen LogP contribution in [-0.2, 0) is 29.3 Å². The summed E-state index contributed by atoms with van der Waals surface area (Å²) in [5.41, 5.74) is -5.25. The molecule has 16 heteroatoms. The normalized spacial score (nSPS) is 25.0. The Balaban J connectivity index is 1.13. The van der Waals surface area contributed by atoms with Crippen LogP contribution >= 0.6 is 18.9 Å². The smallest absolute Gasteiger partial charge is 0.378 e. The Hall–Kier alpha value is -2.97. The molecule has 4 saturated heterocycles. The second-order valence-corrected chi connectivity index (χ2v) is 14.9. The molecule has 0 spiro atoms. The minimum absolute atomic E-state index is 0.0183. The molecule has 2 aromatic rings. The molecule has 0 radical (unpaired) electrons. The maximum absolute atomic E-state index is 14.3. The van der Waals surface area contributed by atoms with Crippen molar-refractivity contribution in [3.05, 3.63) is 34.7 Å². The molecule has 4 amide bonds. The number of rotatable bonds is 6. The number of alkyl halides is 2. The van der Waals surface area contributed by atoms with Crippen molar-refractivity contribution in [2.24, 2.45) is 5.92 Å². The van der Waals surface area contributed by atoms with Gasteiger partial charge in [0.05, 0.1) is 24.0 Å². The van der Waals surface area contributed by atoms with Crippen molar-refractivity contribution in [2.75, 3.05) is 39.4 Å². The quantitative estimate of drug-likeness (QED) is 0.397. The lowest BCUT2D eigenvalue weighted by molar-refractivity contribution is -0.156. The third kappa shape index (κ3) is 6.12. The van der Waals surface area contributed by atoms with Gasteiger partial charge in [0.15, 0.2) is 0 Å². The number of halogens is 2. The molecule has 5 heterocycles. The van der Waals surface area contributed by atoms with Crippen LogP contribution in [0.25, 0.3) is 10.1 Å². The van der Waals surface area contributed by atoms with Crippen molar-refractivity contribution in [3.8, 4) is 0 Å². The van der Waals surface area contributed by atoms with Gasteiger partial charge in [-0.3, -0.25) is 23.7 Å². The van der Waals surface area contributed by atoms with Gasteiger partial charge in [0.2, 0.25) is 17.7 Å². The molecule has 4 aliphatic heterocycles. The van der Waals surface area contributed by atoms with E-state index in [-0.39, 0.29) is 39.9 Å². The van der Waals surface area contributed by atoms with Crippen molar-refractivity contribution < 1.29 is 47.0 Å². The Labute approximate surface area is 261 Å². The molecule has 244 valence electrons. The Morgan fingerprint density at radius 1 is 0.978 bits per heavy atom. The zero-order valence-corrected chi connectivity index (χ0v) is 26.1. The molecule has 45 heavy (non-hydrogen) atoms. The van der Waals surface area contributed by atoms with E-state index in [9.17, 15) is 32.5 Å². The molecule has 12 nitrogen and oxygen atoms in total. The number of amides is 4. The number of ether oxygens (including phenoxy) is 1. The monoisotopic (exact) mass is 668 g/mol. The zero-order valence-electron chi connectivity index (χ0n) is 24.4. The maximum Gasteiger partial charge on any atom is 0.399 e. The van der Waals surface area contributed by atoms with Crippen LogP contribution < -0.4 is 5.32 Å². The van der Waals surface area contributed by atoms with Crippen LogP contribution in [0.2, 0.25) is 0 Å². The molecule has 0 unspecified atom stereocenters. The first-order valence-electron chi connectivity index (χ1n) is 15.1. The number of hydrogen-bond donors (Lipinski definition) is 3. The fourth-order valence-corrected chi connectivity index (χ4v) is 8.14.